The van der Waals surface area contributed by atoms with Gasteiger partial charge >= 0.3 is 0 Å². The summed E-state index contributed by atoms with van der Waals surface area (Å²) < 4.78 is 0. The quantitative estimate of drug-likeness (QED) is 0.222. The van der Waals surface area contributed by atoms with E-state index in [-0.39, 0.29) is 0 Å². The van der Waals surface area contributed by atoms with Crippen LogP contribution in [0.2, 0.25) is 0 Å². The highest BCUT2D eigenvalue weighted by Crippen LogP contribution is 2.10. The molecule has 2 heteroatoms. The van der Waals surface area contributed by atoms with Gasteiger partial charge in [0.1, 0.15) is 0 Å². The number of carbonyl (C=O) groups is 1. The molecule has 0 aliphatic rings. The predicted molar refractivity (Wildman–Crippen MR) is 107 cm³/mol. The lowest BCUT2D eigenvalue weighted by Gasteiger charge is -2.21. The fourth-order valence-electron chi connectivity index (χ4n) is 2.81. The standard InChI is InChI=1S/C22H43NO/c1-5-6-7-8-9-10-11-12-13-14-15-16-17-18-19-20-22(24)23(4)21(2)3/h12-13,21H,5-11,14-20H2,1-4H3. The molecule has 0 bridgehead atoms. The van der Waals surface area contributed by atoms with Crippen LogP contribution in [0.5, 0.6) is 0 Å². The minimum atomic E-state index is 0.294. The van der Waals surface area contributed by atoms with Crippen molar-refractivity contribution >= 4 is 5.91 Å². The Hall–Kier alpha value is -0.790. The smallest absolute Gasteiger partial charge is 0.222 e. The molecule has 0 rings (SSSR count). The van der Waals surface area contributed by atoms with Crippen LogP contribution in [0, 0.1) is 0 Å². The van der Waals surface area contributed by atoms with Gasteiger partial charge in [0.15, 0.2) is 0 Å². The molecule has 2 nitrogen and oxygen atoms in total. The van der Waals surface area contributed by atoms with Gasteiger partial charge in [-0.2, -0.15) is 0 Å². The summed E-state index contributed by atoms with van der Waals surface area (Å²) in [5.41, 5.74) is 0. The zero-order chi connectivity index (χ0) is 18.0. The third kappa shape index (κ3) is 14.8. The molecule has 0 aromatic carbocycles. The molecule has 0 atom stereocenters. The summed E-state index contributed by atoms with van der Waals surface area (Å²) in [7, 11) is 1.91. The second-order valence-electron chi connectivity index (χ2n) is 7.43. The van der Waals surface area contributed by atoms with Crippen LogP contribution in [-0.4, -0.2) is 23.9 Å². The molecule has 0 aromatic rings. The SMILES string of the molecule is CCCCCCCCC=CCCCCCCCC(=O)N(C)C(C)C. The maximum absolute atomic E-state index is 11.8. The predicted octanol–water partition coefficient (Wildman–Crippen LogP) is 6.89. The number of amides is 1. The van der Waals surface area contributed by atoms with Crippen LogP contribution in [0.1, 0.15) is 111 Å². The Balaban J connectivity index is 3.27. The van der Waals surface area contributed by atoms with Gasteiger partial charge in [0.05, 0.1) is 0 Å². The first-order valence-corrected chi connectivity index (χ1v) is 10.5. The van der Waals surface area contributed by atoms with Crippen molar-refractivity contribution in [2.75, 3.05) is 7.05 Å². The third-order valence-corrected chi connectivity index (χ3v) is 4.82. The van der Waals surface area contributed by atoms with Gasteiger partial charge in [-0.05, 0) is 46.0 Å². The first-order chi connectivity index (χ1) is 11.6. The average molecular weight is 338 g/mol. The normalized spacial score (nSPS) is 11.5. The van der Waals surface area contributed by atoms with Crippen molar-refractivity contribution in [2.45, 2.75) is 117 Å². The molecule has 0 fully saturated rings. The third-order valence-electron chi connectivity index (χ3n) is 4.82. The summed E-state index contributed by atoms with van der Waals surface area (Å²) in [6.07, 6.45) is 22.4. The van der Waals surface area contributed by atoms with Crippen LogP contribution < -0.4 is 0 Å². The second-order valence-corrected chi connectivity index (χ2v) is 7.43. The average Bonchev–Trinajstić information content (AvgIpc) is 2.57. The molecular weight excluding hydrogens is 294 g/mol. The first kappa shape index (κ1) is 23.2. The van der Waals surface area contributed by atoms with E-state index in [1.807, 2.05) is 11.9 Å². The van der Waals surface area contributed by atoms with Crippen LogP contribution in [0.15, 0.2) is 12.2 Å². The molecule has 1 amide bonds. The van der Waals surface area contributed by atoms with Crippen molar-refractivity contribution in [2.24, 2.45) is 0 Å². The Labute approximate surface area is 152 Å². The van der Waals surface area contributed by atoms with E-state index < -0.39 is 0 Å². The highest BCUT2D eigenvalue weighted by atomic mass is 16.2. The van der Waals surface area contributed by atoms with E-state index in [9.17, 15) is 4.79 Å². The molecule has 0 aliphatic heterocycles. The van der Waals surface area contributed by atoms with Crippen LogP contribution in [0.25, 0.3) is 0 Å². The Bertz CT molecular complexity index is 309. The molecule has 0 unspecified atom stereocenters. The minimum absolute atomic E-state index is 0.294. The number of hydrogen-bond acceptors (Lipinski definition) is 1. The van der Waals surface area contributed by atoms with E-state index in [4.69, 9.17) is 0 Å². The summed E-state index contributed by atoms with van der Waals surface area (Å²) in [6.45, 7) is 6.41. The summed E-state index contributed by atoms with van der Waals surface area (Å²) in [5.74, 6) is 0.294. The number of rotatable bonds is 16. The number of carbonyl (C=O) groups excluding carboxylic acids is 1. The van der Waals surface area contributed by atoms with Crippen molar-refractivity contribution in [1.82, 2.24) is 4.90 Å². The lowest BCUT2D eigenvalue weighted by atomic mass is 10.1. The van der Waals surface area contributed by atoms with Gasteiger partial charge in [-0.3, -0.25) is 4.79 Å². The van der Waals surface area contributed by atoms with Crippen molar-refractivity contribution < 1.29 is 4.79 Å². The van der Waals surface area contributed by atoms with Crippen LogP contribution in [-0.2, 0) is 4.79 Å². The van der Waals surface area contributed by atoms with Crippen LogP contribution in [0.4, 0.5) is 0 Å². The van der Waals surface area contributed by atoms with Gasteiger partial charge in [0, 0.05) is 19.5 Å². The lowest BCUT2D eigenvalue weighted by Crippen LogP contribution is -2.32. The fourth-order valence-corrected chi connectivity index (χ4v) is 2.81. The van der Waals surface area contributed by atoms with Crippen molar-refractivity contribution in [3.8, 4) is 0 Å². The van der Waals surface area contributed by atoms with Crippen LogP contribution in [0.3, 0.4) is 0 Å². The molecule has 0 saturated heterocycles. The van der Waals surface area contributed by atoms with E-state index in [0.29, 0.717) is 18.4 Å². The van der Waals surface area contributed by atoms with Crippen LogP contribution >= 0.6 is 0 Å². The molecule has 0 aliphatic carbocycles. The van der Waals surface area contributed by atoms with E-state index in [1.54, 1.807) is 0 Å². The maximum Gasteiger partial charge on any atom is 0.222 e. The first-order valence-electron chi connectivity index (χ1n) is 10.5. The van der Waals surface area contributed by atoms with Gasteiger partial charge in [0.25, 0.3) is 0 Å². The van der Waals surface area contributed by atoms with E-state index >= 15 is 0 Å². The van der Waals surface area contributed by atoms with Gasteiger partial charge in [-0.25, -0.2) is 0 Å². The molecule has 24 heavy (non-hydrogen) atoms. The molecule has 0 heterocycles. The zero-order valence-corrected chi connectivity index (χ0v) is 17.0. The highest BCUT2D eigenvalue weighted by molar-refractivity contribution is 5.76. The van der Waals surface area contributed by atoms with E-state index in [2.05, 4.69) is 32.9 Å². The molecule has 0 saturated carbocycles. The lowest BCUT2D eigenvalue weighted by molar-refractivity contribution is -0.131. The second kappa shape index (κ2) is 17.0. The molecular formula is C22H43NO. The number of allylic oxidation sites excluding steroid dienone is 2. The van der Waals surface area contributed by atoms with Crippen molar-refractivity contribution in [3.05, 3.63) is 12.2 Å². The maximum atomic E-state index is 11.8. The minimum Gasteiger partial charge on any atom is -0.343 e. The molecule has 0 spiro atoms. The summed E-state index contributed by atoms with van der Waals surface area (Å²) >= 11 is 0. The zero-order valence-electron chi connectivity index (χ0n) is 17.0. The molecule has 0 radical (unpaired) electrons. The van der Waals surface area contributed by atoms with Gasteiger partial charge in [-0.1, -0.05) is 70.4 Å². The summed E-state index contributed by atoms with van der Waals surface area (Å²) in [4.78, 5) is 13.7. The fraction of sp³-hybridized carbons (Fsp3) is 0.864. The number of nitrogens with zero attached hydrogens (tertiary/aromatic N) is 1. The summed E-state index contributed by atoms with van der Waals surface area (Å²) in [6, 6.07) is 0.320. The van der Waals surface area contributed by atoms with E-state index in [0.717, 1.165) is 6.42 Å². The monoisotopic (exact) mass is 337 g/mol. The topological polar surface area (TPSA) is 20.3 Å². The largest absolute Gasteiger partial charge is 0.343 e. The van der Waals surface area contributed by atoms with Gasteiger partial charge in [-0.15, -0.1) is 0 Å². The Morgan fingerprint density at radius 3 is 1.75 bits per heavy atom. The molecule has 0 aromatic heterocycles. The molecule has 142 valence electrons. The molecule has 0 N–H and O–H groups in total. The number of unbranched alkanes of at least 4 members (excludes halogenated alkanes) is 11. The van der Waals surface area contributed by atoms with Crippen molar-refractivity contribution in [1.29, 1.82) is 0 Å². The Kier molecular flexibility index (Phi) is 16.5. The summed E-state index contributed by atoms with van der Waals surface area (Å²) in [5, 5.41) is 0. The van der Waals surface area contributed by atoms with Gasteiger partial charge < -0.3 is 4.90 Å². The van der Waals surface area contributed by atoms with Crippen molar-refractivity contribution in [3.63, 3.8) is 0 Å². The Morgan fingerprint density at radius 2 is 1.25 bits per heavy atom. The van der Waals surface area contributed by atoms with E-state index in [1.165, 1.54) is 77.0 Å². The van der Waals surface area contributed by atoms with Gasteiger partial charge in [0.2, 0.25) is 5.91 Å². The Morgan fingerprint density at radius 1 is 0.792 bits per heavy atom. The highest BCUT2D eigenvalue weighted by Gasteiger charge is 2.10. The number of hydrogen-bond donors (Lipinski definition) is 0.